The number of amides is 2. The summed E-state index contributed by atoms with van der Waals surface area (Å²) in [4.78, 5) is 37.2. The standard InChI is InChI=1S/C25H29FN6O2S/c26-19-7-5-8-20(17-19)32-24(21-9-6-16-35-21)27-23(28-32)25(34)31-14-12-29(13-15-31)18-22(33)30-10-3-1-2-4-11-30/h5-9,16-17H,1-4,10-15,18H2. The van der Waals surface area contributed by atoms with Gasteiger partial charge in [-0.25, -0.2) is 14.1 Å². The monoisotopic (exact) mass is 496 g/mol. The molecule has 1 aromatic carbocycles. The molecule has 10 heteroatoms. The smallest absolute Gasteiger partial charge is 0.293 e. The molecule has 2 aliphatic heterocycles. The minimum Gasteiger partial charge on any atom is -0.342 e. The number of likely N-dealkylation sites (tertiary alicyclic amines) is 1. The molecule has 5 rings (SSSR count). The van der Waals surface area contributed by atoms with Gasteiger partial charge in [0.15, 0.2) is 5.82 Å². The van der Waals surface area contributed by atoms with Crippen LogP contribution < -0.4 is 0 Å². The summed E-state index contributed by atoms with van der Waals surface area (Å²) in [5.74, 6) is 0.149. The zero-order valence-corrected chi connectivity index (χ0v) is 20.4. The highest BCUT2D eigenvalue weighted by molar-refractivity contribution is 7.13. The summed E-state index contributed by atoms with van der Waals surface area (Å²) in [6.07, 6.45) is 4.55. The van der Waals surface area contributed by atoms with E-state index in [2.05, 4.69) is 15.0 Å². The number of aromatic nitrogens is 3. The van der Waals surface area contributed by atoms with Gasteiger partial charge in [-0.15, -0.1) is 16.4 Å². The van der Waals surface area contributed by atoms with E-state index in [0.29, 0.717) is 44.2 Å². The van der Waals surface area contributed by atoms with Crippen LogP contribution in [0.15, 0.2) is 41.8 Å². The minimum atomic E-state index is -0.381. The zero-order valence-electron chi connectivity index (χ0n) is 19.6. The van der Waals surface area contributed by atoms with Crippen LogP contribution in [0.1, 0.15) is 36.3 Å². The molecule has 2 aromatic heterocycles. The molecule has 2 amide bonds. The lowest BCUT2D eigenvalue weighted by Gasteiger charge is -2.34. The Bertz CT molecular complexity index is 1160. The normalized spacial score (nSPS) is 17.4. The largest absolute Gasteiger partial charge is 0.342 e. The maximum Gasteiger partial charge on any atom is 0.293 e. The second kappa shape index (κ2) is 10.7. The number of rotatable bonds is 5. The summed E-state index contributed by atoms with van der Waals surface area (Å²) in [6, 6.07) is 9.90. The van der Waals surface area contributed by atoms with Crippen LogP contribution in [0.25, 0.3) is 16.4 Å². The van der Waals surface area contributed by atoms with Gasteiger partial charge in [-0.2, -0.15) is 0 Å². The molecule has 8 nitrogen and oxygen atoms in total. The molecule has 2 aliphatic rings. The summed E-state index contributed by atoms with van der Waals surface area (Å²) in [7, 11) is 0. The van der Waals surface area contributed by atoms with Crippen molar-refractivity contribution in [3.05, 3.63) is 53.4 Å². The molecule has 2 saturated heterocycles. The zero-order chi connectivity index (χ0) is 24.2. The van der Waals surface area contributed by atoms with Crippen LogP contribution in [0.3, 0.4) is 0 Å². The molecule has 0 unspecified atom stereocenters. The molecule has 3 aromatic rings. The Morgan fingerprint density at radius 1 is 0.914 bits per heavy atom. The topological polar surface area (TPSA) is 74.6 Å². The van der Waals surface area contributed by atoms with Crippen LogP contribution >= 0.6 is 11.3 Å². The first-order chi connectivity index (χ1) is 17.1. The van der Waals surface area contributed by atoms with E-state index in [1.54, 1.807) is 17.0 Å². The molecular weight excluding hydrogens is 467 g/mol. The molecule has 0 radical (unpaired) electrons. The second-order valence-corrected chi connectivity index (χ2v) is 9.94. The van der Waals surface area contributed by atoms with Crippen molar-refractivity contribution in [1.29, 1.82) is 0 Å². The maximum absolute atomic E-state index is 13.9. The number of benzene rings is 1. The van der Waals surface area contributed by atoms with Crippen molar-refractivity contribution in [3.63, 3.8) is 0 Å². The van der Waals surface area contributed by atoms with Gasteiger partial charge >= 0.3 is 0 Å². The van der Waals surface area contributed by atoms with Crippen molar-refractivity contribution in [2.24, 2.45) is 0 Å². The van der Waals surface area contributed by atoms with Crippen LogP contribution in [0.5, 0.6) is 0 Å². The van der Waals surface area contributed by atoms with Gasteiger partial charge in [0.25, 0.3) is 5.91 Å². The molecule has 0 atom stereocenters. The lowest BCUT2D eigenvalue weighted by Crippen LogP contribution is -2.51. The Kier molecular flexibility index (Phi) is 7.19. The highest BCUT2D eigenvalue weighted by atomic mass is 32.1. The van der Waals surface area contributed by atoms with Gasteiger partial charge in [0, 0.05) is 39.3 Å². The number of thiophene rings is 1. The van der Waals surface area contributed by atoms with Crippen LogP contribution in [-0.4, -0.2) is 87.1 Å². The Labute approximate surface area is 208 Å². The van der Waals surface area contributed by atoms with Gasteiger partial charge in [-0.3, -0.25) is 14.5 Å². The van der Waals surface area contributed by atoms with E-state index >= 15 is 0 Å². The van der Waals surface area contributed by atoms with E-state index in [1.165, 1.54) is 41.0 Å². The van der Waals surface area contributed by atoms with E-state index in [9.17, 15) is 14.0 Å². The minimum absolute atomic E-state index is 0.0896. The van der Waals surface area contributed by atoms with Crippen molar-refractivity contribution in [1.82, 2.24) is 29.5 Å². The predicted molar refractivity (Wildman–Crippen MR) is 132 cm³/mol. The Morgan fingerprint density at radius 3 is 2.37 bits per heavy atom. The van der Waals surface area contributed by atoms with E-state index in [-0.39, 0.29) is 23.5 Å². The van der Waals surface area contributed by atoms with Gasteiger partial charge in [0.05, 0.1) is 17.1 Å². The number of nitrogens with zero attached hydrogens (tertiary/aromatic N) is 6. The molecular formula is C25H29FN6O2S. The van der Waals surface area contributed by atoms with Gasteiger partial charge in [-0.05, 0) is 42.5 Å². The van der Waals surface area contributed by atoms with Gasteiger partial charge < -0.3 is 9.80 Å². The second-order valence-electron chi connectivity index (χ2n) is 8.99. The number of hydrogen-bond donors (Lipinski definition) is 0. The number of halogens is 1. The number of carbonyl (C=O) groups excluding carboxylic acids is 2. The predicted octanol–water partition coefficient (Wildman–Crippen LogP) is 3.30. The van der Waals surface area contributed by atoms with Crippen molar-refractivity contribution in [2.45, 2.75) is 25.7 Å². The lowest BCUT2D eigenvalue weighted by molar-refractivity contribution is -0.132. The van der Waals surface area contributed by atoms with E-state index in [4.69, 9.17) is 0 Å². The number of carbonyl (C=O) groups is 2. The Morgan fingerprint density at radius 2 is 1.69 bits per heavy atom. The summed E-state index contributed by atoms with van der Waals surface area (Å²) in [5.41, 5.74) is 0.511. The quantitative estimate of drug-likeness (QED) is 0.542. The number of piperazine rings is 1. The maximum atomic E-state index is 13.9. The van der Waals surface area contributed by atoms with E-state index in [0.717, 1.165) is 30.8 Å². The van der Waals surface area contributed by atoms with Crippen molar-refractivity contribution in [3.8, 4) is 16.4 Å². The SMILES string of the molecule is O=C(CN1CCN(C(=O)c2nc(-c3cccs3)n(-c3cccc(F)c3)n2)CC1)N1CCCCCC1. The average molecular weight is 497 g/mol. The van der Waals surface area contributed by atoms with Crippen LogP contribution in [-0.2, 0) is 4.79 Å². The first-order valence-electron chi connectivity index (χ1n) is 12.1. The third kappa shape index (κ3) is 5.43. The molecule has 2 fully saturated rings. The lowest BCUT2D eigenvalue weighted by atomic mass is 10.2. The molecule has 0 bridgehead atoms. The average Bonchev–Trinajstić information content (AvgIpc) is 3.48. The third-order valence-electron chi connectivity index (χ3n) is 6.57. The summed E-state index contributed by atoms with van der Waals surface area (Å²) < 4.78 is 15.4. The molecule has 0 spiro atoms. The summed E-state index contributed by atoms with van der Waals surface area (Å²) in [6.45, 7) is 4.38. The first kappa shape index (κ1) is 23.6. The van der Waals surface area contributed by atoms with Gasteiger partial charge in [0.1, 0.15) is 5.82 Å². The highest BCUT2D eigenvalue weighted by Gasteiger charge is 2.28. The van der Waals surface area contributed by atoms with Crippen molar-refractivity contribution < 1.29 is 14.0 Å². The highest BCUT2D eigenvalue weighted by Crippen LogP contribution is 2.26. The van der Waals surface area contributed by atoms with Crippen molar-refractivity contribution in [2.75, 3.05) is 45.8 Å². The molecule has 0 N–H and O–H groups in total. The summed E-state index contributed by atoms with van der Waals surface area (Å²) in [5, 5.41) is 6.39. The fourth-order valence-electron chi connectivity index (χ4n) is 4.62. The van der Waals surface area contributed by atoms with E-state index in [1.807, 2.05) is 22.4 Å². The van der Waals surface area contributed by atoms with Crippen molar-refractivity contribution >= 4 is 23.2 Å². The van der Waals surface area contributed by atoms with Crippen LogP contribution in [0, 0.1) is 5.82 Å². The Hall–Kier alpha value is -3.11. The van der Waals surface area contributed by atoms with Gasteiger partial charge in [0.2, 0.25) is 11.7 Å². The molecule has 0 aliphatic carbocycles. The molecule has 4 heterocycles. The Balaban J connectivity index is 1.26. The molecule has 35 heavy (non-hydrogen) atoms. The number of hydrogen-bond acceptors (Lipinski definition) is 6. The third-order valence-corrected chi connectivity index (χ3v) is 7.44. The fraction of sp³-hybridized carbons (Fsp3) is 0.440. The first-order valence-corrected chi connectivity index (χ1v) is 13.0. The summed E-state index contributed by atoms with van der Waals surface area (Å²) >= 11 is 1.48. The fourth-order valence-corrected chi connectivity index (χ4v) is 5.32. The van der Waals surface area contributed by atoms with Gasteiger partial charge in [-0.1, -0.05) is 25.0 Å². The van der Waals surface area contributed by atoms with Crippen LogP contribution in [0.2, 0.25) is 0 Å². The van der Waals surface area contributed by atoms with Crippen LogP contribution in [0.4, 0.5) is 4.39 Å². The van der Waals surface area contributed by atoms with E-state index < -0.39 is 0 Å². The molecule has 184 valence electrons. The molecule has 0 saturated carbocycles.